The summed E-state index contributed by atoms with van der Waals surface area (Å²) < 4.78 is 43.0. The van der Waals surface area contributed by atoms with Crippen molar-refractivity contribution in [3.05, 3.63) is 276 Å². The van der Waals surface area contributed by atoms with Gasteiger partial charge in [0, 0.05) is 124 Å². The van der Waals surface area contributed by atoms with Gasteiger partial charge in [-0.3, -0.25) is 24.0 Å². The molecule has 0 radical (unpaired) electrons. The minimum atomic E-state index is -4.35. The Morgan fingerprint density at radius 2 is 0.542 bits per heavy atom. The first-order valence-electron chi connectivity index (χ1n) is 43.6. The van der Waals surface area contributed by atoms with Crippen LogP contribution in [0.2, 0.25) is 0 Å². The zero-order valence-electron chi connectivity index (χ0n) is 78.2. The van der Waals surface area contributed by atoms with Crippen molar-refractivity contribution in [2.45, 2.75) is 204 Å². The topological polar surface area (TPSA) is 111 Å². The molecule has 0 aromatic heterocycles. The molecule has 5 aliphatic rings. The number of carbonyl (C=O) groups is 5. The van der Waals surface area contributed by atoms with E-state index in [-0.39, 0.29) is 56.0 Å². The van der Waals surface area contributed by atoms with Gasteiger partial charge < -0.3 is 29.2 Å². The highest BCUT2D eigenvalue weighted by molar-refractivity contribution is 6.09. The summed E-state index contributed by atoms with van der Waals surface area (Å²) in [5, 5.41) is 0. The molecule has 0 N–H and O–H groups in total. The van der Waals surface area contributed by atoms with Gasteiger partial charge in [-0.1, -0.05) is 325 Å². The van der Waals surface area contributed by atoms with Gasteiger partial charge in [0.2, 0.25) is 0 Å². The van der Waals surface area contributed by atoms with Gasteiger partial charge in [-0.05, 0) is 160 Å². The predicted octanol–water partition coefficient (Wildman–Crippen LogP) is 26.1. The van der Waals surface area contributed by atoms with Crippen LogP contribution < -0.4 is 4.74 Å². The number of ether oxygens (including phenoxy) is 1. The molecule has 0 saturated carbocycles. The quantitative estimate of drug-likeness (QED) is 0.0551. The molecule has 0 amide bonds. The maximum Gasteiger partial charge on any atom is 0.416 e. The lowest BCUT2D eigenvalue weighted by atomic mass is 9.77. The Balaban J connectivity index is 0.000000489. The summed E-state index contributed by atoms with van der Waals surface area (Å²) in [7, 11) is 1.65. The van der Waals surface area contributed by atoms with Gasteiger partial charge in [-0.25, -0.2) is 0 Å². The number of ketones is 5. The van der Waals surface area contributed by atoms with E-state index in [0.717, 1.165) is 154 Å². The minimum absolute atomic E-state index is 0.0151. The molecule has 658 valence electrons. The minimum Gasteiger partial charge on any atom is -0.497 e. The first-order valence-corrected chi connectivity index (χ1v) is 43.6. The Bertz CT molecular complexity index is 3980. The number of alkyl halides is 3. The molecule has 0 spiro atoms. The lowest BCUT2D eigenvalue weighted by Crippen LogP contribution is -2.36. The Hall–Kier alpha value is -9.56. The van der Waals surface area contributed by atoms with Crippen LogP contribution in [0.3, 0.4) is 0 Å². The van der Waals surface area contributed by atoms with Gasteiger partial charge in [0.05, 0.1) is 12.7 Å². The fourth-order valence-electron chi connectivity index (χ4n) is 13.8. The summed E-state index contributed by atoms with van der Waals surface area (Å²) in [4.78, 5) is 72.9. The van der Waals surface area contributed by atoms with E-state index in [4.69, 9.17) is 4.74 Å². The number of carbonyl (C=O) groups excluding carboxylic acids is 5. The fourth-order valence-corrected chi connectivity index (χ4v) is 13.8. The average Bonchev–Trinajstić information content (AvgIpc) is 0.829. The normalized spacial score (nSPS) is 16.7. The molecule has 5 heterocycles. The highest BCUT2D eigenvalue weighted by Crippen LogP contribution is 2.41. The van der Waals surface area contributed by atoms with Crippen molar-refractivity contribution in [1.82, 2.24) is 24.5 Å². The summed E-state index contributed by atoms with van der Waals surface area (Å²) in [6.45, 7) is 68.3. The maximum atomic E-state index is 12.7. The van der Waals surface area contributed by atoms with Crippen molar-refractivity contribution in [1.29, 1.82) is 0 Å². The molecule has 5 aromatic rings. The third-order valence-electron chi connectivity index (χ3n) is 20.8. The molecular formula is C106H152F3N5O6. The van der Waals surface area contributed by atoms with Crippen LogP contribution in [-0.4, -0.2) is 126 Å². The van der Waals surface area contributed by atoms with Crippen LogP contribution in [0.15, 0.2) is 254 Å². The third-order valence-corrected chi connectivity index (χ3v) is 20.8. The number of rotatable bonds is 24. The van der Waals surface area contributed by atoms with E-state index in [0.29, 0.717) is 35.2 Å². The highest BCUT2D eigenvalue weighted by Gasteiger charge is 2.37. The van der Waals surface area contributed by atoms with Crippen molar-refractivity contribution < 1.29 is 41.9 Å². The smallest absolute Gasteiger partial charge is 0.416 e. The SMILES string of the molecule is C=CC(=O)C1=CN(CC(C)C)CCC1(C)C.C=CC(=O)C1=CN(CC(C)C)CCC1(C)C.CC.CC.CC(C)CN1C=C(C(=O)/C=C/c2ccc(C(F)(F)F)cc2)C(C)(C)CC1.CC(C)CN1C=C(C(=O)/C=C/c2ccccc2)C(C)(C)CC1.COc1ccc(/C=C/C(=O)C2=CN(CC(C)C)CCC2(C)C)cc1.c1ccccc1.c1ccccc1. The van der Waals surface area contributed by atoms with E-state index in [2.05, 4.69) is 189 Å². The summed E-state index contributed by atoms with van der Waals surface area (Å²) in [6, 6.07) is 46.5. The Labute approximate surface area is 725 Å². The molecule has 0 fully saturated rings. The molecule has 10 rings (SSSR count). The standard InChI is InChI=1S/C21H26F3NO.C21H29NO2.C20H27NO.2C14H23NO.2C6H6.2C2H6/c1-15(2)13-25-12-11-20(3,4)18(14-25)19(26)10-7-16-5-8-17(9-6-16)21(22,23)24;1-16(2)14-22-13-12-21(3,4)19(15-22)20(23)11-8-17-6-9-18(24-5)10-7-17;1-16(2)14-21-13-12-20(3,4)18(15-21)19(22)11-10-17-8-6-5-7-9-17;2*1-6-13(16)12-10-15(9-11(2)3)8-7-14(12,4)5;2*1-2-4-6-5-3-1;2*1-2/h5-10,14-15H,11-13H2,1-4H3;6-11,15-16H,12-14H2,1-5H3;5-11,15-16H,12-14H2,1-4H3;2*6,10-11H,1,7-9H2,2-5H3;2*1-6H;2*1-2H3/b10-7+;11-8+;11-10+;;;;;;. The molecular weight excluding hydrogens is 1500 g/mol. The first-order chi connectivity index (χ1) is 56.4. The van der Waals surface area contributed by atoms with Crippen LogP contribution in [0, 0.1) is 56.7 Å². The zero-order valence-corrected chi connectivity index (χ0v) is 78.2. The third kappa shape index (κ3) is 39.8. The number of benzene rings is 5. The van der Waals surface area contributed by atoms with Gasteiger partial charge in [-0.15, -0.1) is 0 Å². The van der Waals surface area contributed by atoms with Crippen molar-refractivity contribution >= 4 is 47.1 Å². The molecule has 0 atom stereocenters. The molecule has 11 nitrogen and oxygen atoms in total. The zero-order chi connectivity index (χ0) is 90.6. The molecule has 0 saturated heterocycles. The lowest BCUT2D eigenvalue weighted by Gasteiger charge is -2.37. The average molecular weight is 1650 g/mol. The first kappa shape index (κ1) is 107. The monoisotopic (exact) mass is 1650 g/mol. The highest BCUT2D eigenvalue weighted by atomic mass is 19.4. The van der Waals surface area contributed by atoms with Crippen LogP contribution in [0.4, 0.5) is 13.2 Å². The van der Waals surface area contributed by atoms with Gasteiger partial charge >= 0.3 is 6.18 Å². The van der Waals surface area contributed by atoms with Crippen molar-refractivity contribution in [3.8, 4) is 5.75 Å². The van der Waals surface area contributed by atoms with Crippen molar-refractivity contribution in [2.24, 2.45) is 56.7 Å². The number of hydrogen-bond acceptors (Lipinski definition) is 11. The summed E-state index contributed by atoms with van der Waals surface area (Å²) in [6.07, 6.45) is 23.9. The van der Waals surface area contributed by atoms with Crippen LogP contribution >= 0.6 is 0 Å². The van der Waals surface area contributed by atoms with Crippen LogP contribution in [0.1, 0.15) is 221 Å². The number of halogens is 3. The Morgan fingerprint density at radius 1 is 0.342 bits per heavy atom. The number of hydrogen-bond donors (Lipinski definition) is 0. The fraction of sp³-hybridized carbons (Fsp3) is 0.481. The van der Waals surface area contributed by atoms with Gasteiger partial charge in [0.1, 0.15) is 5.75 Å². The summed E-state index contributed by atoms with van der Waals surface area (Å²) >= 11 is 0. The van der Waals surface area contributed by atoms with Crippen LogP contribution in [0.5, 0.6) is 5.75 Å². The Kier molecular flexibility index (Phi) is 47.3. The van der Waals surface area contributed by atoms with Gasteiger partial charge in [0.15, 0.2) is 28.9 Å². The van der Waals surface area contributed by atoms with Crippen LogP contribution in [0.25, 0.3) is 18.2 Å². The molecule has 120 heavy (non-hydrogen) atoms. The number of allylic oxidation sites excluding steroid dienone is 10. The van der Waals surface area contributed by atoms with Crippen molar-refractivity contribution in [3.63, 3.8) is 0 Å². The second-order valence-corrected chi connectivity index (χ2v) is 36.2. The predicted molar refractivity (Wildman–Crippen MR) is 503 cm³/mol. The number of nitrogens with zero attached hydrogens (tertiary/aromatic N) is 5. The maximum absolute atomic E-state index is 12.7. The van der Waals surface area contributed by atoms with Crippen LogP contribution in [-0.2, 0) is 30.1 Å². The second kappa shape index (κ2) is 53.3. The van der Waals surface area contributed by atoms with Crippen molar-refractivity contribution in [2.75, 3.05) is 72.6 Å². The molecule has 0 bridgehead atoms. The van der Waals surface area contributed by atoms with Gasteiger partial charge in [-0.2, -0.15) is 13.2 Å². The van der Waals surface area contributed by atoms with E-state index in [1.807, 2.05) is 186 Å². The van der Waals surface area contributed by atoms with Gasteiger partial charge in [0.25, 0.3) is 0 Å². The van der Waals surface area contributed by atoms with E-state index in [1.165, 1.54) is 30.4 Å². The number of methoxy groups -OCH3 is 1. The van der Waals surface area contributed by atoms with E-state index in [1.54, 1.807) is 25.3 Å². The summed E-state index contributed by atoms with van der Waals surface area (Å²) in [5.74, 6) is 4.04. The molecule has 0 aliphatic carbocycles. The summed E-state index contributed by atoms with van der Waals surface area (Å²) in [5.41, 5.74) is 5.93. The molecule has 0 unspecified atom stereocenters. The second-order valence-electron chi connectivity index (χ2n) is 36.2. The molecule has 5 aromatic carbocycles. The molecule has 5 aliphatic heterocycles. The van der Waals surface area contributed by atoms with E-state index in [9.17, 15) is 37.1 Å². The molecule has 14 heteroatoms. The van der Waals surface area contributed by atoms with E-state index >= 15 is 0 Å². The van der Waals surface area contributed by atoms with E-state index < -0.39 is 11.7 Å². The lowest BCUT2D eigenvalue weighted by molar-refractivity contribution is -0.137. The Morgan fingerprint density at radius 3 is 0.742 bits per heavy atom. The largest absolute Gasteiger partial charge is 0.497 e.